The summed E-state index contributed by atoms with van der Waals surface area (Å²) in [6.07, 6.45) is 1.76. The van der Waals surface area contributed by atoms with Gasteiger partial charge in [0.15, 0.2) is 5.78 Å². The first kappa shape index (κ1) is 15.5. The number of carbonyl (C=O) groups excluding carboxylic acids is 1. The molecule has 0 aromatic heterocycles. The summed E-state index contributed by atoms with van der Waals surface area (Å²) in [5, 5.41) is 12.2. The lowest BCUT2D eigenvalue weighted by atomic mass is 9.88. The molecule has 1 aromatic rings. The van der Waals surface area contributed by atoms with Crippen LogP contribution in [-0.2, 0) is 0 Å². The fraction of sp³-hybridized carbons (Fsp3) is 0.533. The van der Waals surface area contributed by atoms with E-state index in [0.29, 0.717) is 11.3 Å². The van der Waals surface area contributed by atoms with Crippen LogP contribution >= 0.6 is 0 Å². The van der Waals surface area contributed by atoms with Crippen molar-refractivity contribution in [2.75, 3.05) is 24.2 Å². The number of aliphatic hydroxyl groups is 1. The number of ketones is 1. The Morgan fingerprint density at radius 1 is 1.42 bits per heavy atom. The van der Waals surface area contributed by atoms with Gasteiger partial charge in [0.1, 0.15) is 0 Å². The SMILES string of the molecule is CC(=O)c1ccc(NCC(C)(C)CCCO)cc1N. The van der Waals surface area contributed by atoms with E-state index in [4.69, 9.17) is 10.8 Å². The van der Waals surface area contributed by atoms with Crippen LogP contribution in [0.5, 0.6) is 0 Å². The molecule has 1 rings (SSSR count). The molecule has 0 saturated carbocycles. The molecule has 106 valence electrons. The second kappa shape index (κ2) is 6.57. The molecule has 19 heavy (non-hydrogen) atoms. The molecule has 0 unspecified atom stereocenters. The average Bonchev–Trinajstić information content (AvgIpc) is 2.34. The second-order valence-corrected chi connectivity index (χ2v) is 5.70. The summed E-state index contributed by atoms with van der Waals surface area (Å²) in [4.78, 5) is 11.3. The molecule has 0 aliphatic carbocycles. The van der Waals surface area contributed by atoms with Crippen LogP contribution in [0.4, 0.5) is 11.4 Å². The van der Waals surface area contributed by atoms with Gasteiger partial charge in [-0.1, -0.05) is 13.8 Å². The molecule has 4 nitrogen and oxygen atoms in total. The van der Waals surface area contributed by atoms with Crippen LogP contribution < -0.4 is 11.1 Å². The van der Waals surface area contributed by atoms with Crippen LogP contribution in [0.25, 0.3) is 0 Å². The van der Waals surface area contributed by atoms with E-state index in [0.717, 1.165) is 25.1 Å². The fourth-order valence-electron chi connectivity index (χ4n) is 1.98. The highest BCUT2D eigenvalue weighted by atomic mass is 16.2. The number of Topliss-reactive ketones (excluding diaryl/α,β-unsaturated/α-hetero) is 1. The zero-order valence-electron chi connectivity index (χ0n) is 12.0. The van der Waals surface area contributed by atoms with E-state index in [1.165, 1.54) is 6.92 Å². The van der Waals surface area contributed by atoms with Crippen LogP contribution in [-0.4, -0.2) is 24.0 Å². The summed E-state index contributed by atoms with van der Waals surface area (Å²) in [5.41, 5.74) is 7.94. The lowest BCUT2D eigenvalue weighted by molar-refractivity contribution is 0.101. The first-order valence-electron chi connectivity index (χ1n) is 6.61. The number of aliphatic hydroxyl groups excluding tert-OH is 1. The molecule has 0 bridgehead atoms. The van der Waals surface area contributed by atoms with Gasteiger partial charge in [-0.25, -0.2) is 0 Å². The van der Waals surface area contributed by atoms with Crippen molar-refractivity contribution < 1.29 is 9.90 Å². The summed E-state index contributed by atoms with van der Waals surface area (Å²) in [6.45, 7) is 6.85. The summed E-state index contributed by atoms with van der Waals surface area (Å²) < 4.78 is 0. The highest BCUT2D eigenvalue weighted by molar-refractivity contribution is 5.99. The lowest BCUT2D eigenvalue weighted by Crippen LogP contribution is -2.23. The van der Waals surface area contributed by atoms with Gasteiger partial charge in [0.25, 0.3) is 0 Å². The second-order valence-electron chi connectivity index (χ2n) is 5.70. The number of anilines is 2. The zero-order valence-corrected chi connectivity index (χ0v) is 12.0. The van der Waals surface area contributed by atoms with Gasteiger partial charge in [0.05, 0.1) is 0 Å². The molecule has 4 N–H and O–H groups in total. The summed E-state index contributed by atoms with van der Waals surface area (Å²) >= 11 is 0. The van der Waals surface area contributed by atoms with Crippen molar-refractivity contribution in [3.05, 3.63) is 23.8 Å². The smallest absolute Gasteiger partial charge is 0.161 e. The number of benzene rings is 1. The third kappa shape index (κ3) is 4.91. The van der Waals surface area contributed by atoms with Gasteiger partial charge >= 0.3 is 0 Å². The highest BCUT2D eigenvalue weighted by Crippen LogP contribution is 2.24. The highest BCUT2D eigenvalue weighted by Gasteiger charge is 2.17. The van der Waals surface area contributed by atoms with Gasteiger partial charge < -0.3 is 16.2 Å². The van der Waals surface area contributed by atoms with E-state index >= 15 is 0 Å². The third-order valence-electron chi connectivity index (χ3n) is 3.21. The van der Waals surface area contributed by atoms with Crippen LogP contribution in [0, 0.1) is 5.41 Å². The first-order valence-corrected chi connectivity index (χ1v) is 6.61. The van der Waals surface area contributed by atoms with Crippen molar-refractivity contribution in [3.8, 4) is 0 Å². The predicted molar refractivity (Wildman–Crippen MR) is 79.4 cm³/mol. The molecule has 0 aliphatic rings. The average molecular weight is 264 g/mol. The molecule has 0 spiro atoms. The molecule has 0 atom stereocenters. The fourth-order valence-corrected chi connectivity index (χ4v) is 1.98. The van der Waals surface area contributed by atoms with Crippen LogP contribution in [0.2, 0.25) is 0 Å². The normalized spacial score (nSPS) is 11.4. The minimum Gasteiger partial charge on any atom is -0.398 e. The Labute approximate surface area is 115 Å². The van der Waals surface area contributed by atoms with Crippen molar-refractivity contribution in [3.63, 3.8) is 0 Å². The molecular formula is C15H24N2O2. The van der Waals surface area contributed by atoms with E-state index < -0.39 is 0 Å². The van der Waals surface area contributed by atoms with Crippen molar-refractivity contribution in [2.45, 2.75) is 33.6 Å². The van der Waals surface area contributed by atoms with Crippen molar-refractivity contribution in [2.24, 2.45) is 5.41 Å². The quantitative estimate of drug-likeness (QED) is 0.523. The van der Waals surface area contributed by atoms with Crippen LogP contribution in [0.15, 0.2) is 18.2 Å². The molecule has 0 heterocycles. The summed E-state index contributed by atoms with van der Waals surface area (Å²) in [7, 11) is 0. The van der Waals surface area contributed by atoms with Crippen molar-refractivity contribution in [1.82, 2.24) is 0 Å². The number of rotatable bonds is 7. The maximum Gasteiger partial charge on any atom is 0.161 e. The maximum atomic E-state index is 11.3. The Bertz CT molecular complexity index is 442. The number of hydrogen-bond donors (Lipinski definition) is 3. The molecule has 0 fully saturated rings. The molecule has 0 aliphatic heterocycles. The molecule has 4 heteroatoms. The standard InChI is InChI=1S/C15H24N2O2/c1-11(19)13-6-5-12(9-14(13)16)17-10-15(2,3)7-4-8-18/h5-6,9,17-18H,4,7-8,10,16H2,1-3H3. The van der Waals surface area contributed by atoms with Crippen molar-refractivity contribution >= 4 is 17.2 Å². The van der Waals surface area contributed by atoms with Gasteiger partial charge in [-0.05, 0) is 43.4 Å². The molecule has 0 amide bonds. The largest absolute Gasteiger partial charge is 0.398 e. The monoisotopic (exact) mass is 264 g/mol. The summed E-state index contributed by atoms with van der Waals surface area (Å²) in [6, 6.07) is 5.41. The van der Waals surface area contributed by atoms with Gasteiger partial charge in [0.2, 0.25) is 0 Å². The lowest BCUT2D eigenvalue weighted by Gasteiger charge is -2.25. The van der Waals surface area contributed by atoms with E-state index in [9.17, 15) is 4.79 Å². The Hall–Kier alpha value is -1.55. The number of nitrogens with one attached hydrogen (secondary N) is 1. The van der Waals surface area contributed by atoms with Gasteiger partial charge in [-0.15, -0.1) is 0 Å². The third-order valence-corrected chi connectivity index (χ3v) is 3.21. The Kier molecular flexibility index (Phi) is 5.36. The first-order chi connectivity index (χ1) is 8.85. The number of nitrogen functional groups attached to an aromatic ring is 1. The number of hydrogen-bond acceptors (Lipinski definition) is 4. The topological polar surface area (TPSA) is 75.3 Å². The Morgan fingerprint density at radius 3 is 2.63 bits per heavy atom. The van der Waals surface area contributed by atoms with E-state index in [-0.39, 0.29) is 17.8 Å². The minimum atomic E-state index is -0.0210. The number of carbonyl (C=O) groups is 1. The van der Waals surface area contributed by atoms with E-state index in [1.54, 1.807) is 12.1 Å². The van der Waals surface area contributed by atoms with Gasteiger partial charge in [-0.3, -0.25) is 4.79 Å². The molecule has 1 aromatic carbocycles. The Balaban J connectivity index is 2.63. The van der Waals surface area contributed by atoms with E-state index in [2.05, 4.69) is 19.2 Å². The number of nitrogens with two attached hydrogens (primary N) is 1. The van der Waals surface area contributed by atoms with E-state index in [1.807, 2.05) is 6.07 Å². The zero-order chi connectivity index (χ0) is 14.5. The molecule has 0 saturated heterocycles. The van der Waals surface area contributed by atoms with Gasteiger partial charge in [0, 0.05) is 30.1 Å². The van der Waals surface area contributed by atoms with Crippen LogP contribution in [0.3, 0.4) is 0 Å². The van der Waals surface area contributed by atoms with Gasteiger partial charge in [-0.2, -0.15) is 0 Å². The Morgan fingerprint density at radius 2 is 2.11 bits per heavy atom. The van der Waals surface area contributed by atoms with Crippen LogP contribution in [0.1, 0.15) is 44.0 Å². The molecule has 0 radical (unpaired) electrons. The van der Waals surface area contributed by atoms with Crippen molar-refractivity contribution in [1.29, 1.82) is 0 Å². The maximum absolute atomic E-state index is 11.3. The molecular weight excluding hydrogens is 240 g/mol. The minimum absolute atomic E-state index is 0.0210. The predicted octanol–water partition coefficient (Wildman–Crippen LogP) is 2.68. The summed E-state index contributed by atoms with van der Waals surface area (Å²) in [5.74, 6) is -0.0210.